The summed E-state index contributed by atoms with van der Waals surface area (Å²) < 4.78 is 6.08. The first kappa shape index (κ1) is 21.1. The zero-order valence-electron chi connectivity index (χ0n) is 19.3. The minimum absolute atomic E-state index is 0.0782. The number of ketones is 1. The van der Waals surface area contributed by atoms with Gasteiger partial charge < -0.3 is 14.6 Å². The first-order valence-corrected chi connectivity index (χ1v) is 12.1. The zero-order valence-corrected chi connectivity index (χ0v) is 19.3. The number of carbonyl (C=O) groups excluding carboxylic acids is 1. The van der Waals surface area contributed by atoms with Crippen LogP contribution in [0.4, 0.5) is 5.69 Å². The highest BCUT2D eigenvalue weighted by Crippen LogP contribution is 2.40. The molecule has 4 nitrogen and oxygen atoms in total. The smallest absolute Gasteiger partial charge is 0.165 e. The summed E-state index contributed by atoms with van der Waals surface area (Å²) in [5.74, 6) is 1.47. The SMILES string of the molecule is CC1(C)CCN(CCOc2ccc3[nH]ccc3c2)c2ccc(C(=O)C3CCCCC3)cc21. The van der Waals surface area contributed by atoms with Crippen molar-refractivity contribution in [1.29, 1.82) is 0 Å². The van der Waals surface area contributed by atoms with Crippen molar-refractivity contribution >= 4 is 22.4 Å². The molecule has 0 spiro atoms. The average molecular weight is 431 g/mol. The number of Topliss-reactive ketones (excluding diaryl/α,β-unsaturated/α-hetero) is 1. The molecule has 3 aromatic rings. The molecule has 1 N–H and O–H groups in total. The van der Waals surface area contributed by atoms with Gasteiger partial charge in [0.1, 0.15) is 12.4 Å². The molecule has 1 aliphatic carbocycles. The molecular weight excluding hydrogens is 396 g/mol. The third kappa shape index (κ3) is 4.15. The fourth-order valence-electron chi connectivity index (χ4n) is 5.40. The maximum atomic E-state index is 13.1. The Kier molecular flexibility index (Phi) is 5.71. The molecule has 0 atom stereocenters. The molecule has 2 heterocycles. The number of H-pyrrole nitrogens is 1. The van der Waals surface area contributed by atoms with Gasteiger partial charge in [-0.05, 0) is 72.7 Å². The zero-order chi connectivity index (χ0) is 22.1. The molecule has 32 heavy (non-hydrogen) atoms. The summed E-state index contributed by atoms with van der Waals surface area (Å²) in [6.45, 7) is 7.10. The van der Waals surface area contributed by atoms with Crippen molar-refractivity contribution in [2.75, 3.05) is 24.6 Å². The summed E-state index contributed by atoms with van der Waals surface area (Å²) in [7, 11) is 0. The Balaban J connectivity index is 1.30. The van der Waals surface area contributed by atoms with Crippen LogP contribution in [0.2, 0.25) is 0 Å². The molecular formula is C28H34N2O2. The van der Waals surface area contributed by atoms with E-state index in [1.165, 1.54) is 35.9 Å². The Hall–Kier alpha value is -2.75. The molecule has 2 aromatic carbocycles. The molecule has 0 bridgehead atoms. The highest BCUT2D eigenvalue weighted by atomic mass is 16.5. The minimum Gasteiger partial charge on any atom is -0.492 e. The van der Waals surface area contributed by atoms with Crippen molar-refractivity contribution in [2.45, 2.75) is 57.8 Å². The third-order valence-corrected chi connectivity index (χ3v) is 7.49. The normalized spacial score (nSPS) is 18.5. The molecule has 1 saturated carbocycles. The number of nitrogens with one attached hydrogen (secondary N) is 1. The predicted molar refractivity (Wildman–Crippen MR) is 131 cm³/mol. The van der Waals surface area contributed by atoms with E-state index >= 15 is 0 Å². The number of aromatic amines is 1. The Morgan fingerprint density at radius 3 is 2.78 bits per heavy atom. The standard InChI is InChI=1S/C28H34N2O2/c1-28(2)13-15-30(16-17-32-23-9-10-25-21(18-23)12-14-29-25)26-11-8-22(19-24(26)28)27(31)20-6-4-3-5-7-20/h8-12,14,18-20,29H,3-7,13,15-17H2,1-2H3. The Morgan fingerprint density at radius 1 is 1.09 bits per heavy atom. The second-order valence-electron chi connectivity index (χ2n) is 10.1. The maximum Gasteiger partial charge on any atom is 0.165 e. The lowest BCUT2D eigenvalue weighted by Crippen LogP contribution is -2.39. The summed E-state index contributed by atoms with van der Waals surface area (Å²) >= 11 is 0. The number of anilines is 1. The van der Waals surface area contributed by atoms with E-state index in [4.69, 9.17) is 4.74 Å². The van der Waals surface area contributed by atoms with Crippen molar-refractivity contribution in [3.8, 4) is 5.75 Å². The fourth-order valence-corrected chi connectivity index (χ4v) is 5.40. The van der Waals surface area contributed by atoms with Crippen LogP contribution in [0.5, 0.6) is 5.75 Å². The van der Waals surface area contributed by atoms with Gasteiger partial charge in [-0.1, -0.05) is 33.1 Å². The number of rotatable bonds is 6. The molecule has 0 unspecified atom stereocenters. The van der Waals surface area contributed by atoms with Crippen LogP contribution >= 0.6 is 0 Å². The number of carbonyl (C=O) groups is 1. The maximum absolute atomic E-state index is 13.1. The van der Waals surface area contributed by atoms with Crippen LogP contribution < -0.4 is 9.64 Å². The van der Waals surface area contributed by atoms with Crippen LogP contribution in [0.15, 0.2) is 48.7 Å². The van der Waals surface area contributed by atoms with Gasteiger partial charge in [-0.2, -0.15) is 0 Å². The second kappa shape index (κ2) is 8.65. The molecule has 1 aliphatic heterocycles. The highest BCUT2D eigenvalue weighted by molar-refractivity contribution is 5.98. The van der Waals surface area contributed by atoms with Crippen molar-refractivity contribution in [3.63, 3.8) is 0 Å². The van der Waals surface area contributed by atoms with Crippen LogP contribution in [0.3, 0.4) is 0 Å². The van der Waals surface area contributed by atoms with Gasteiger partial charge in [0.25, 0.3) is 0 Å². The second-order valence-corrected chi connectivity index (χ2v) is 10.1. The Labute approximate surface area is 191 Å². The lowest BCUT2D eigenvalue weighted by atomic mass is 9.76. The van der Waals surface area contributed by atoms with Crippen molar-refractivity contribution < 1.29 is 9.53 Å². The van der Waals surface area contributed by atoms with Gasteiger partial charge in [-0.3, -0.25) is 4.79 Å². The topological polar surface area (TPSA) is 45.3 Å². The van der Waals surface area contributed by atoms with Crippen molar-refractivity contribution in [2.24, 2.45) is 5.92 Å². The Morgan fingerprint density at radius 2 is 1.94 bits per heavy atom. The quantitative estimate of drug-likeness (QED) is 0.454. The van der Waals surface area contributed by atoms with E-state index in [-0.39, 0.29) is 11.3 Å². The summed E-state index contributed by atoms with van der Waals surface area (Å²) in [5, 5.41) is 1.17. The summed E-state index contributed by atoms with van der Waals surface area (Å²) in [5.41, 5.74) is 4.67. The van der Waals surface area contributed by atoms with Gasteiger partial charge in [-0.15, -0.1) is 0 Å². The molecule has 4 heteroatoms. The fraction of sp³-hybridized carbons (Fsp3) is 0.464. The van der Waals surface area contributed by atoms with E-state index in [1.54, 1.807) is 0 Å². The van der Waals surface area contributed by atoms with E-state index < -0.39 is 0 Å². The van der Waals surface area contributed by atoms with E-state index in [0.717, 1.165) is 49.2 Å². The van der Waals surface area contributed by atoms with E-state index in [1.807, 2.05) is 12.3 Å². The van der Waals surface area contributed by atoms with Crippen LogP contribution in [-0.4, -0.2) is 30.5 Å². The van der Waals surface area contributed by atoms with E-state index in [0.29, 0.717) is 12.4 Å². The van der Waals surface area contributed by atoms with E-state index in [2.05, 4.69) is 60.1 Å². The van der Waals surface area contributed by atoms with Crippen molar-refractivity contribution in [3.05, 3.63) is 59.8 Å². The molecule has 1 aromatic heterocycles. The molecule has 5 rings (SSSR count). The lowest BCUT2D eigenvalue weighted by Gasteiger charge is -2.40. The molecule has 2 aliphatic rings. The van der Waals surface area contributed by atoms with Crippen LogP contribution in [0.25, 0.3) is 10.9 Å². The molecule has 168 valence electrons. The number of benzene rings is 2. The van der Waals surface area contributed by atoms with E-state index in [9.17, 15) is 4.79 Å². The number of fused-ring (bicyclic) bond motifs is 2. The van der Waals surface area contributed by atoms with Gasteiger partial charge in [0, 0.05) is 40.8 Å². The molecule has 0 saturated heterocycles. The number of hydrogen-bond donors (Lipinski definition) is 1. The number of nitrogens with zero attached hydrogens (tertiary/aromatic N) is 1. The summed E-state index contributed by atoms with van der Waals surface area (Å²) in [6, 6.07) is 14.7. The number of hydrogen-bond acceptors (Lipinski definition) is 3. The average Bonchev–Trinajstić information content (AvgIpc) is 3.28. The molecule has 0 amide bonds. The number of aromatic nitrogens is 1. The van der Waals surface area contributed by atoms with Crippen LogP contribution in [0, 0.1) is 5.92 Å². The largest absolute Gasteiger partial charge is 0.492 e. The third-order valence-electron chi connectivity index (χ3n) is 7.49. The van der Waals surface area contributed by atoms with Gasteiger partial charge >= 0.3 is 0 Å². The van der Waals surface area contributed by atoms with Crippen LogP contribution in [-0.2, 0) is 5.41 Å². The lowest BCUT2D eigenvalue weighted by molar-refractivity contribution is 0.0889. The minimum atomic E-state index is 0.0782. The van der Waals surface area contributed by atoms with Crippen molar-refractivity contribution in [1.82, 2.24) is 4.98 Å². The molecule has 1 fully saturated rings. The first-order valence-electron chi connectivity index (χ1n) is 12.1. The van der Waals surface area contributed by atoms with Gasteiger partial charge in [0.05, 0.1) is 6.54 Å². The number of ether oxygens (including phenoxy) is 1. The van der Waals surface area contributed by atoms with Gasteiger partial charge in [0.2, 0.25) is 0 Å². The summed E-state index contributed by atoms with van der Waals surface area (Å²) in [4.78, 5) is 18.8. The summed E-state index contributed by atoms with van der Waals surface area (Å²) in [6.07, 6.45) is 8.80. The highest BCUT2D eigenvalue weighted by Gasteiger charge is 2.32. The monoisotopic (exact) mass is 430 g/mol. The van der Waals surface area contributed by atoms with Gasteiger partial charge in [-0.25, -0.2) is 0 Å². The van der Waals surface area contributed by atoms with Crippen LogP contribution in [0.1, 0.15) is 68.3 Å². The van der Waals surface area contributed by atoms with Gasteiger partial charge in [0.15, 0.2) is 5.78 Å². The Bertz CT molecular complexity index is 1110. The predicted octanol–water partition coefficient (Wildman–Crippen LogP) is 6.50. The first-order chi connectivity index (χ1) is 15.5. The molecule has 0 radical (unpaired) electrons.